The largest absolute Gasteiger partial charge is 0.508 e. The summed E-state index contributed by atoms with van der Waals surface area (Å²) in [7, 11) is 0. The monoisotopic (exact) mass is 495 g/mol. The molecule has 0 unspecified atom stereocenters. The predicted molar refractivity (Wildman–Crippen MR) is 135 cm³/mol. The number of aromatic hydroxyl groups is 2. The summed E-state index contributed by atoms with van der Waals surface area (Å²) in [4.78, 5) is 2.71. The van der Waals surface area contributed by atoms with Crippen LogP contribution in [0.2, 0.25) is 0 Å². The van der Waals surface area contributed by atoms with Gasteiger partial charge in [0.15, 0.2) is 11.6 Å². The fourth-order valence-electron chi connectivity index (χ4n) is 4.88. The van der Waals surface area contributed by atoms with Crippen molar-refractivity contribution in [3.63, 3.8) is 0 Å². The van der Waals surface area contributed by atoms with Gasteiger partial charge in [-0.2, -0.15) is 0 Å². The number of hydrogen-bond acceptors (Lipinski definition) is 6. The van der Waals surface area contributed by atoms with Gasteiger partial charge in [-0.25, -0.2) is 4.39 Å². The molecule has 35 heavy (non-hydrogen) atoms. The van der Waals surface area contributed by atoms with Gasteiger partial charge in [-0.15, -0.1) is 11.8 Å². The van der Waals surface area contributed by atoms with Crippen LogP contribution >= 0.6 is 11.8 Å². The van der Waals surface area contributed by atoms with E-state index in [0.717, 1.165) is 42.4 Å². The third kappa shape index (κ3) is 4.80. The maximum Gasteiger partial charge on any atom is 0.182 e. The SMILES string of the molecule is C[C@H]1CCN(CCOc2ccc([C@@]3(C)Oc4ccc(O)c(F)c4S[C@@H]3c3ccc(O)cc3)cc2)C1. The molecule has 1 saturated heterocycles. The summed E-state index contributed by atoms with van der Waals surface area (Å²) >= 11 is 1.31. The average molecular weight is 496 g/mol. The first-order valence-electron chi connectivity index (χ1n) is 12.0. The zero-order valence-electron chi connectivity index (χ0n) is 19.9. The smallest absolute Gasteiger partial charge is 0.182 e. The Balaban J connectivity index is 1.40. The van der Waals surface area contributed by atoms with Crippen molar-refractivity contribution in [1.29, 1.82) is 0 Å². The molecule has 0 aromatic heterocycles. The second-order valence-corrected chi connectivity index (χ2v) is 10.7. The molecule has 0 saturated carbocycles. The van der Waals surface area contributed by atoms with Gasteiger partial charge in [0.1, 0.15) is 29.5 Å². The third-order valence-electron chi connectivity index (χ3n) is 6.91. The van der Waals surface area contributed by atoms with Gasteiger partial charge in [0.05, 0.1) is 10.1 Å². The second kappa shape index (κ2) is 9.63. The number of phenolic OH excluding ortho intramolecular Hbond substituents is 2. The molecular weight excluding hydrogens is 465 g/mol. The van der Waals surface area contributed by atoms with Crippen LogP contribution in [0.5, 0.6) is 23.0 Å². The van der Waals surface area contributed by atoms with Gasteiger partial charge in [-0.3, -0.25) is 4.90 Å². The highest BCUT2D eigenvalue weighted by Gasteiger charge is 2.45. The van der Waals surface area contributed by atoms with Crippen molar-refractivity contribution in [2.24, 2.45) is 5.92 Å². The number of nitrogens with zero attached hydrogens (tertiary/aromatic N) is 1. The number of thioether (sulfide) groups is 1. The summed E-state index contributed by atoms with van der Waals surface area (Å²) in [6.07, 6.45) is 1.25. The number of hydrogen-bond donors (Lipinski definition) is 2. The summed E-state index contributed by atoms with van der Waals surface area (Å²) in [5.74, 6) is 1.01. The van der Waals surface area contributed by atoms with Crippen molar-refractivity contribution in [1.82, 2.24) is 4.90 Å². The van der Waals surface area contributed by atoms with Crippen LogP contribution < -0.4 is 9.47 Å². The first kappa shape index (κ1) is 23.8. The Morgan fingerprint density at radius 1 is 1.09 bits per heavy atom. The Kier molecular flexibility index (Phi) is 6.55. The van der Waals surface area contributed by atoms with Gasteiger partial charge >= 0.3 is 0 Å². The van der Waals surface area contributed by atoms with E-state index >= 15 is 0 Å². The normalized spacial score (nSPS) is 24.1. The topological polar surface area (TPSA) is 62.2 Å². The lowest BCUT2D eigenvalue weighted by molar-refractivity contribution is 0.0733. The molecule has 3 aromatic carbocycles. The van der Waals surface area contributed by atoms with Gasteiger partial charge in [0.25, 0.3) is 0 Å². The Morgan fingerprint density at radius 3 is 2.51 bits per heavy atom. The maximum absolute atomic E-state index is 14.8. The molecule has 2 aliphatic rings. The minimum Gasteiger partial charge on any atom is -0.508 e. The van der Waals surface area contributed by atoms with E-state index in [2.05, 4.69) is 11.8 Å². The van der Waals surface area contributed by atoms with Gasteiger partial charge in [-0.1, -0.05) is 31.2 Å². The fourth-order valence-corrected chi connectivity index (χ4v) is 6.25. The number of rotatable bonds is 6. The molecule has 2 aliphatic heterocycles. The van der Waals surface area contributed by atoms with E-state index in [0.29, 0.717) is 12.4 Å². The van der Waals surface area contributed by atoms with E-state index in [1.807, 2.05) is 43.3 Å². The van der Waals surface area contributed by atoms with Crippen LogP contribution in [-0.2, 0) is 5.60 Å². The third-order valence-corrected chi connectivity index (χ3v) is 8.48. The fraction of sp³-hybridized carbons (Fsp3) is 0.357. The zero-order chi connectivity index (χ0) is 24.6. The molecule has 3 atom stereocenters. The zero-order valence-corrected chi connectivity index (χ0v) is 20.7. The minimum absolute atomic E-state index is 0.159. The highest BCUT2D eigenvalue weighted by Crippen LogP contribution is 2.57. The van der Waals surface area contributed by atoms with Gasteiger partial charge in [0, 0.05) is 13.1 Å². The Hall–Kier alpha value is -2.90. The predicted octanol–water partition coefficient (Wildman–Crippen LogP) is 6.10. The molecular formula is C28H30FNO4S. The highest BCUT2D eigenvalue weighted by molar-refractivity contribution is 7.99. The Labute approximate surface area is 209 Å². The van der Waals surface area contributed by atoms with Crippen LogP contribution in [0.1, 0.15) is 36.6 Å². The standard InChI is InChI=1S/C28H30FNO4S/c1-18-13-14-30(17-18)15-16-33-22-9-5-20(6-10-22)28(2)27(19-3-7-21(31)8-4-19)35-26-24(34-28)12-11-23(32)25(26)29/h3-12,18,27,31-32H,13-17H2,1-2H3/t18-,27+,28+/m0/s1. The van der Waals surface area contributed by atoms with Crippen molar-refractivity contribution in [2.75, 3.05) is 26.2 Å². The molecule has 0 radical (unpaired) electrons. The number of halogens is 1. The van der Waals surface area contributed by atoms with Gasteiger partial charge in [-0.05, 0) is 73.3 Å². The second-order valence-electron chi connectivity index (χ2n) is 9.59. The van der Waals surface area contributed by atoms with E-state index in [-0.39, 0.29) is 15.9 Å². The molecule has 2 N–H and O–H groups in total. The number of fused-ring (bicyclic) bond motifs is 1. The van der Waals surface area contributed by atoms with Crippen molar-refractivity contribution >= 4 is 11.8 Å². The molecule has 0 aliphatic carbocycles. The lowest BCUT2D eigenvalue weighted by Crippen LogP contribution is -2.37. The summed E-state index contributed by atoms with van der Waals surface area (Å²) in [6, 6.07) is 17.6. The van der Waals surface area contributed by atoms with E-state index in [1.165, 1.54) is 24.2 Å². The van der Waals surface area contributed by atoms with Crippen LogP contribution in [0, 0.1) is 11.7 Å². The number of ether oxygens (including phenoxy) is 2. The molecule has 0 amide bonds. The van der Waals surface area contributed by atoms with Crippen LogP contribution in [0.25, 0.3) is 0 Å². The lowest BCUT2D eigenvalue weighted by Gasteiger charge is -2.42. The average Bonchev–Trinajstić information content (AvgIpc) is 3.27. The molecule has 7 heteroatoms. The lowest BCUT2D eigenvalue weighted by atomic mass is 9.87. The minimum atomic E-state index is -0.831. The highest BCUT2D eigenvalue weighted by atomic mass is 32.2. The summed E-state index contributed by atoms with van der Waals surface area (Å²) in [5.41, 5.74) is 0.967. The molecule has 0 spiro atoms. The maximum atomic E-state index is 14.8. The Morgan fingerprint density at radius 2 is 1.83 bits per heavy atom. The summed E-state index contributed by atoms with van der Waals surface area (Å²) in [5, 5.41) is 19.4. The first-order valence-corrected chi connectivity index (χ1v) is 12.8. The Bertz CT molecular complexity index is 1190. The summed E-state index contributed by atoms with van der Waals surface area (Å²) in [6.45, 7) is 8.09. The molecule has 184 valence electrons. The van der Waals surface area contributed by atoms with E-state index in [1.54, 1.807) is 18.2 Å². The van der Waals surface area contributed by atoms with Crippen molar-refractivity contribution < 1.29 is 24.1 Å². The van der Waals surface area contributed by atoms with Crippen LogP contribution in [-0.4, -0.2) is 41.4 Å². The van der Waals surface area contributed by atoms with E-state index in [9.17, 15) is 14.6 Å². The molecule has 3 aromatic rings. The van der Waals surface area contributed by atoms with Crippen LogP contribution in [0.15, 0.2) is 65.6 Å². The molecule has 5 nitrogen and oxygen atoms in total. The van der Waals surface area contributed by atoms with Gasteiger partial charge < -0.3 is 19.7 Å². The number of likely N-dealkylation sites (tertiary alicyclic amines) is 1. The molecule has 0 bridgehead atoms. The quantitative estimate of drug-likeness (QED) is 0.431. The molecule has 5 rings (SSSR count). The van der Waals surface area contributed by atoms with Gasteiger partial charge in [0.2, 0.25) is 0 Å². The number of benzene rings is 3. The molecule has 1 fully saturated rings. The van der Waals surface area contributed by atoms with Crippen molar-refractivity contribution in [3.8, 4) is 23.0 Å². The van der Waals surface area contributed by atoms with Crippen molar-refractivity contribution in [3.05, 3.63) is 77.6 Å². The van der Waals surface area contributed by atoms with Crippen molar-refractivity contribution in [2.45, 2.75) is 36.0 Å². The van der Waals surface area contributed by atoms with Crippen LogP contribution in [0.4, 0.5) is 4.39 Å². The summed E-state index contributed by atoms with van der Waals surface area (Å²) < 4.78 is 27.2. The van der Waals surface area contributed by atoms with Crippen LogP contribution in [0.3, 0.4) is 0 Å². The number of phenols is 2. The first-order chi connectivity index (χ1) is 16.8. The van der Waals surface area contributed by atoms with E-state index in [4.69, 9.17) is 9.47 Å². The molecule has 2 heterocycles. The van der Waals surface area contributed by atoms with E-state index < -0.39 is 17.2 Å².